The van der Waals surface area contributed by atoms with Crippen LogP contribution >= 0.6 is 24.2 Å². The smallest absolute Gasteiger partial charge is 0.230 e. The van der Waals surface area contributed by atoms with Gasteiger partial charge in [0, 0.05) is 13.1 Å². The van der Waals surface area contributed by atoms with Crippen molar-refractivity contribution in [2.45, 2.75) is 27.2 Å². The number of hydrogen-bond donors (Lipinski definition) is 2. The Hall–Kier alpha value is 0.0700. The van der Waals surface area contributed by atoms with Crippen LogP contribution < -0.4 is 10.6 Å². The maximum Gasteiger partial charge on any atom is 0.230 e. The van der Waals surface area contributed by atoms with Crippen molar-refractivity contribution in [3.05, 3.63) is 0 Å². The topological polar surface area (TPSA) is 41.1 Å². The van der Waals surface area contributed by atoms with E-state index >= 15 is 0 Å². The predicted octanol–water partition coefficient (Wildman–Crippen LogP) is 1.91. The van der Waals surface area contributed by atoms with E-state index in [4.69, 9.17) is 0 Å². The molecular formula is C11H25ClN2OS. The van der Waals surface area contributed by atoms with Gasteiger partial charge in [0.2, 0.25) is 5.91 Å². The Kier molecular flexibility index (Phi) is 15.1. The van der Waals surface area contributed by atoms with E-state index in [9.17, 15) is 4.79 Å². The van der Waals surface area contributed by atoms with Crippen molar-refractivity contribution >= 4 is 30.1 Å². The number of amides is 1. The van der Waals surface area contributed by atoms with Crippen molar-refractivity contribution in [1.82, 2.24) is 10.6 Å². The summed E-state index contributed by atoms with van der Waals surface area (Å²) in [5.74, 6) is 2.56. The highest BCUT2D eigenvalue weighted by Gasteiger charge is 2.00. The molecule has 0 rings (SSSR count). The minimum absolute atomic E-state index is 0. The molecule has 0 aliphatic rings. The standard InChI is InChI=1S/C11H24N2OS.ClH/c1-4-12-6-7-13-11(14)9-15-8-5-10(2)3;/h10,12H,4-9H2,1-3H3,(H,13,14);1H. The molecule has 0 heterocycles. The monoisotopic (exact) mass is 268 g/mol. The lowest BCUT2D eigenvalue weighted by Gasteiger charge is -2.06. The molecular weight excluding hydrogens is 244 g/mol. The first-order chi connectivity index (χ1) is 7.16. The van der Waals surface area contributed by atoms with Crippen LogP contribution in [0.1, 0.15) is 27.2 Å². The van der Waals surface area contributed by atoms with E-state index in [1.165, 1.54) is 6.42 Å². The second-order valence-electron chi connectivity index (χ2n) is 3.94. The third-order valence-corrected chi connectivity index (χ3v) is 2.94. The summed E-state index contributed by atoms with van der Waals surface area (Å²) in [6, 6.07) is 0. The Balaban J connectivity index is 0. The molecule has 0 aromatic heterocycles. The molecule has 5 heteroatoms. The molecule has 0 fully saturated rings. The summed E-state index contributed by atoms with van der Waals surface area (Å²) in [6.07, 6.45) is 1.19. The summed E-state index contributed by atoms with van der Waals surface area (Å²) in [6.45, 7) is 9.02. The highest BCUT2D eigenvalue weighted by Crippen LogP contribution is 2.07. The maximum atomic E-state index is 11.3. The molecule has 0 unspecified atom stereocenters. The van der Waals surface area contributed by atoms with Gasteiger partial charge in [-0.1, -0.05) is 20.8 Å². The van der Waals surface area contributed by atoms with Gasteiger partial charge in [-0.05, 0) is 24.6 Å². The van der Waals surface area contributed by atoms with Crippen LogP contribution in [-0.4, -0.2) is 37.0 Å². The first kappa shape index (κ1) is 18.4. The van der Waals surface area contributed by atoms with Crippen molar-refractivity contribution in [2.24, 2.45) is 5.92 Å². The molecule has 0 saturated carbocycles. The Morgan fingerprint density at radius 2 is 2.00 bits per heavy atom. The van der Waals surface area contributed by atoms with Crippen LogP contribution in [0.15, 0.2) is 0 Å². The maximum absolute atomic E-state index is 11.3. The fourth-order valence-corrected chi connectivity index (χ4v) is 2.07. The summed E-state index contributed by atoms with van der Waals surface area (Å²) in [5.41, 5.74) is 0. The Bertz CT molecular complexity index is 168. The summed E-state index contributed by atoms with van der Waals surface area (Å²) >= 11 is 1.72. The van der Waals surface area contributed by atoms with Gasteiger partial charge in [0.15, 0.2) is 0 Å². The molecule has 0 radical (unpaired) electrons. The van der Waals surface area contributed by atoms with Crippen LogP contribution in [0.3, 0.4) is 0 Å². The number of rotatable bonds is 9. The summed E-state index contributed by atoms with van der Waals surface area (Å²) < 4.78 is 0. The molecule has 1 amide bonds. The molecule has 0 aromatic carbocycles. The lowest BCUT2D eigenvalue weighted by atomic mass is 10.2. The number of likely N-dealkylation sites (N-methyl/N-ethyl adjacent to an activating group) is 1. The van der Waals surface area contributed by atoms with E-state index in [1.807, 2.05) is 0 Å². The molecule has 0 aromatic rings. The van der Waals surface area contributed by atoms with Crippen LogP contribution in [-0.2, 0) is 4.79 Å². The minimum atomic E-state index is 0. The zero-order valence-electron chi connectivity index (χ0n) is 10.5. The Morgan fingerprint density at radius 3 is 2.56 bits per heavy atom. The van der Waals surface area contributed by atoms with E-state index in [1.54, 1.807) is 11.8 Å². The SMILES string of the molecule is CCNCCNC(=O)CSCCC(C)C.Cl. The summed E-state index contributed by atoms with van der Waals surface area (Å²) in [5, 5.41) is 6.05. The lowest BCUT2D eigenvalue weighted by Crippen LogP contribution is -2.32. The molecule has 0 spiro atoms. The highest BCUT2D eigenvalue weighted by molar-refractivity contribution is 7.99. The quantitative estimate of drug-likeness (QED) is 0.628. The largest absolute Gasteiger partial charge is 0.354 e. The molecule has 0 saturated heterocycles. The van der Waals surface area contributed by atoms with Gasteiger partial charge < -0.3 is 10.6 Å². The van der Waals surface area contributed by atoms with Crippen molar-refractivity contribution < 1.29 is 4.79 Å². The van der Waals surface area contributed by atoms with Crippen LogP contribution in [0.4, 0.5) is 0 Å². The first-order valence-corrected chi connectivity index (χ1v) is 6.87. The molecule has 0 aliphatic heterocycles. The molecule has 0 atom stereocenters. The van der Waals surface area contributed by atoms with Crippen LogP contribution in [0, 0.1) is 5.92 Å². The van der Waals surface area contributed by atoms with Crippen molar-refractivity contribution in [3.63, 3.8) is 0 Å². The van der Waals surface area contributed by atoms with Gasteiger partial charge in [-0.25, -0.2) is 0 Å². The van der Waals surface area contributed by atoms with Gasteiger partial charge in [-0.15, -0.1) is 12.4 Å². The van der Waals surface area contributed by atoms with E-state index in [-0.39, 0.29) is 18.3 Å². The molecule has 16 heavy (non-hydrogen) atoms. The second-order valence-corrected chi connectivity index (χ2v) is 5.04. The number of hydrogen-bond acceptors (Lipinski definition) is 3. The Morgan fingerprint density at radius 1 is 1.31 bits per heavy atom. The number of thioether (sulfide) groups is 1. The third kappa shape index (κ3) is 14.1. The van der Waals surface area contributed by atoms with Crippen molar-refractivity contribution in [1.29, 1.82) is 0 Å². The molecule has 2 N–H and O–H groups in total. The van der Waals surface area contributed by atoms with Gasteiger partial charge in [-0.3, -0.25) is 4.79 Å². The molecule has 3 nitrogen and oxygen atoms in total. The van der Waals surface area contributed by atoms with Gasteiger partial charge in [0.25, 0.3) is 0 Å². The van der Waals surface area contributed by atoms with Gasteiger partial charge in [-0.2, -0.15) is 11.8 Å². The number of nitrogens with one attached hydrogen (secondary N) is 2. The molecule has 98 valence electrons. The van der Waals surface area contributed by atoms with E-state index < -0.39 is 0 Å². The van der Waals surface area contributed by atoms with Gasteiger partial charge in [0.05, 0.1) is 5.75 Å². The Labute approximate surface area is 110 Å². The summed E-state index contributed by atoms with van der Waals surface area (Å²) in [7, 11) is 0. The zero-order chi connectivity index (χ0) is 11.5. The third-order valence-electron chi connectivity index (χ3n) is 1.95. The molecule has 0 aliphatic carbocycles. The zero-order valence-corrected chi connectivity index (χ0v) is 12.2. The van der Waals surface area contributed by atoms with Crippen LogP contribution in [0.5, 0.6) is 0 Å². The van der Waals surface area contributed by atoms with E-state index in [0.717, 1.165) is 31.3 Å². The average Bonchev–Trinajstić information content (AvgIpc) is 2.19. The number of carbonyl (C=O) groups excluding carboxylic acids is 1. The molecule has 0 bridgehead atoms. The summed E-state index contributed by atoms with van der Waals surface area (Å²) in [4.78, 5) is 11.3. The van der Waals surface area contributed by atoms with Crippen LogP contribution in [0.25, 0.3) is 0 Å². The fraction of sp³-hybridized carbons (Fsp3) is 0.909. The second kappa shape index (κ2) is 13.1. The minimum Gasteiger partial charge on any atom is -0.354 e. The van der Waals surface area contributed by atoms with E-state index in [2.05, 4.69) is 31.4 Å². The van der Waals surface area contributed by atoms with Crippen molar-refractivity contribution in [3.8, 4) is 0 Å². The van der Waals surface area contributed by atoms with Crippen LogP contribution in [0.2, 0.25) is 0 Å². The normalized spacial score (nSPS) is 10.0. The highest BCUT2D eigenvalue weighted by atomic mass is 35.5. The first-order valence-electron chi connectivity index (χ1n) is 5.72. The average molecular weight is 269 g/mol. The number of carbonyl (C=O) groups is 1. The van der Waals surface area contributed by atoms with Crippen molar-refractivity contribution in [2.75, 3.05) is 31.1 Å². The number of halogens is 1. The van der Waals surface area contributed by atoms with Gasteiger partial charge in [0.1, 0.15) is 0 Å². The fourth-order valence-electron chi connectivity index (χ4n) is 1.00. The van der Waals surface area contributed by atoms with E-state index in [0.29, 0.717) is 5.75 Å². The lowest BCUT2D eigenvalue weighted by molar-refractivity contribution is -0.118. The van der Waals surface area contributed by atoms with Gasteiger partial charge >= 0.3 is 0 Å². The predicted molar refractivity (Wildman–Crippen MR) is 75.6 cm³/mol.